The number of nitro benzene ring substituents is 2. The summed E-state index contributed by atoms with van der Waals surface area (Å²) in [5, 5.41) is 31.3. The first-order chi connectivity index (χ1) is 16.2. The maximum absolute atomic E-state index is 12.4. The zero-order chi connectivity index (χ0) is 24.7. The van der Waals surface area contributed by atoms with Crippen molar-refractivity contribution < 1.29 is 38.8 Å². The summed E-state index contributed by atoms with van der Waals surface area (Å²) in [6.45, 7) is -0.535. The van der Waals surface area contributed by atoms with E-state index in [1.54, 1.807) is 0 Å². The van der Waals surface area contributed by atoms with E-state index in [1.165, 1.54) is 53.4 Å². The normalized spacial score (nSPS) is 17.1. The number of rotatable bonds is 8. The van der Waals surface area contributed by atoms with Crippen LogP contribution in [-0.4, -0.2) is 57.4 Å². The first kappa shape index (κ1) is 24.4. The summed E-state index contributed by atoms with van der Waals surface area (Å²) in [5.41, 5.74) is 0.888. The Balaban J connectivity index is 1.45. The monoisotopic (exact) mass is 475 g/mol. The summed E-state index contributed by atoms with van der Waals surface area (Å²) >= 11 is 0. The van der Waals surface area contributed by atoms with Crippen molar-refractivity contribution in [3.8, 4) is 0 Å². The van der Waals surface area contributed by atoms with Crippen molar-refractivity contribution in [1.29, 1.82) is 0 Å². The van der Waals surface area contributed by atoms with Crippen LogP contribution in [0.2, 0.25) is 0 Å². The number of β-amino-alcohol motifs (C(OH)–C–C–N with tert-alkyl or cyclic N) is 1. The Morgan fingerprint density at radius 3 is 1.88 bits per heavy atom. The Morgan fingerprint density at radius 2 is 1.38 bits per heavy atom. The summed E-state index contributed by atoms with van der Waals surface area (Å²) in [6.07, 6.45) is -2.39. The molecule has 1 fully saturated rings. The second-order valence-electron chi connectivity index (χ2n) is 7.45. The largest absolute Gasteiger partial charge is 0.508 e. The summed E-state index contributed by atoms with van der Waals surface area (Å²) in [7, 11) is 0. The highest BCUT2D eigenvalue weighted by atomic mass is 16.7. The minimum Gasteiger partial charge on any atom is -0.445 e. The van der Waals surface area contributed by atoms with Crippen LogP contribution in [0.3, 0.4) is 0 Å². The minimum atomic E-state index is -1.00. The summed E-state index contributed by atoms with van der Waals surface area (Å²) < 4.78 is 15.2. The van der Waals surface area contributed by atoms with E-state index in [4.69, 9.17) is 14.2 Å². The van der Waals surface area contributed by atoms with Crippen molar-refractivity contribution in [2.75, 3.05) is 13.2 Å². The number of carbonyl (C=O) groups excluding carboxylic acids is 2. The van der Waals surface area contributed by atoms with Gasteiger partial charge in [-0.2, -0.15) is 0 Å². The molecule has 2 atom stereocenters. The molecule has 1 aliphatic rings. The van der Waals surface area contributed by atoms with Gasteiger partial charge in [-0.25, -0.2) is 9.59 Å². The molecule has 0 saturated carbocycles. The topological polar surface area (TPSA) is 172 Å². The van der Waals surface area contributed by atoms with Crippen molar-refractivity contribution in [2.24, 2.45) is 0 Å². The van der Waals surface area contributed by atoms with E-state index in [0.717, 1.165) is 0 Å². The number of hydrogen-bond acceptors (Lipinski definition) is 10. The molecule has 2 aromatic carbocycles. The molecule has 0 unspecified atom stereocenters. The van der Waals surface area contributed by atoms with E-state index in [-0.39, 0.29) is 44.2 Å². The van der Waals surface area contributed by atoms with Crippen LogP contribution in [0.4, 0.5) is 21.0 Å². The molecule has 3 rings (SSSR count). The molecule has 0 aromatic heterocycles. The van der Waals surface area contributed by atoms with Gasteiger partial charge in [0.1, 0.15) is 19.8 Å². The van der Waals surface area contributed by atoms with Gasteiger partial charge in [0.05, 0.1) is 28.5 Å². The van der Waals surface area contributed by atoms with Gasteiger partial charge in [-0.1, -0.05) is 0 Å². The Morgan fingerprint density at radius 1 is 0.882 bits per heavy atom. The Labute approximate surface area is 192 Å². The number of nitrogens with zero attached hydrogens (tertiary/aromatic N) is 3. The minimum absolute atomic E-state index is 0.00896. The van der Waals surface area contributed by atoms with Crippen molar-refractivity contribution >= 4 is 23.6 Å². The van der Waals surface area contributed by atoms with Gasteiger partial charge in [-0.3, -0.25) is 25.1 Å². The highest BCUT2D eigenvalue weighted by Gasteiger charge is 2.36. The van der Waals surface area contributed by atoms with Gasteiger partial charge in [0.25, 0.3) is 11.4 Å². The van der Waals surface area contributed by atoms with E-state index < -0.39 is 34.2 Å². The lowest BCUT2D eigenvalue weighted by Crippen LogP contribution is -2.39. The fraction of sp³-hybridized carbons (Fsp3) is 0.333. The number of aliphatic hydroxyl groups excluding tert-OH is 1. The molecule has 0 bridgehead atoms. The third-order valence-corrected chi connectivity index (χ3v) is 5.03. The lowest BCUT2D eigenvalue weighted by Gasteiger charge is -2.23. The summed E-state index contributed by atoms with van der Waals surface area (Å²) in [4.78, 5) is 45.8. The predicted molar refractivity (Wildman–Crippen MR) is 114 cm³/mol. The van der Waals surface area contributed by atoms with Crippen molar-refractivity contribution in [3.05, 3.63) is 79.9 Å². The van der Waals surface area contributed by atoms with Gasteiger partial charge >= 0.3 is 12.2 Å². The molecule has 180 valence electrons. The van der Waals surface area contributed by atoms with Gasteiger partial charge in [0, 0.05) is 24.3 Å². The van der Waals surface area contributed by atoms with Gasteiger partial charge in [0.2, 0.25) is 0 Å². The second-order valence-corrected chi connectivity index (χ2v) is 7.45. The van der Waals surface area contributed by atoms with Crippen molar-refractivity contribution in [1.82, 2.24) is 4.90 Å². The molecule has 0 spiro atoms. The third-order valence-electron chi connectivity index (χ3n) is 5.03. The molecule has 1 saturated heterocycles. The number of nitro groups is 2. The lowest BCUT2D eigenvalue weighted by atomic mass is 10.2. The molecular formula is C21H21N3O10. The molecule has 13 heteroatoms. The van der Waals surface area contributed by atoms with E-state index in [2.05, 4.69) is 0 Å². The van der Waals surface area contributed by atoms with Gasteiger partial charge in [0.15, 0.2) is 0 Å². The Bertz CT molecular complexity index is 1040. The van der Waals surface area contributed by atoms with Crippen molar-refractivity contribution in [2.45, 2.75) is 31.8 Å². The molecule has 2 aromatic rings. The van der Waals surface area contributed by atoms with Crippen LogP contribution in [0.5, 0.6) is 0 Å². The molecule has 1 N–H and O–H groups in total. The Kier molecular flexibility index (Phi) is 7.92. The quantitative estimate of drug-likeness (QED) is 0.340. The molecule has 1 heterocycles. The number of likely N-dealkylation sites (tertiary alicyclic amines) is 1. The van der Waals surface area contributed by atoms with Crippen LogP contribution in [0.15, 0.2) is 48.5 Å². The number of aliphatic hydroxyl groups is 1. The molecular weight excluding hydrogens is 454 g/mol. The third kappa shape index (κ3) is 6.62. The summed E-state index contributed by atoms with van der Waals surface area (Å²) in [5.74, 6) is 0. The van der Waals surface area contributed by atoms with Gasteiger partial charge in [-0.05, 0) is 41.8 Å². The smallest absolute Gasteiger partial charge is 0.445 e. The van der Waals surface area contributed by atoms with Crippen LogP contribution in [-0.2, 0) is 27.4 Å². The standard InChI is InChI=1S/C21H21N3O10/c25-19-9-18(13-34-21(27)33-12-15-3-7-17(8-4-15)24(30)31)22(10-19)20(26)32-11-14-1-5-16(6-2-14)23(28)29/h1-8,18-19,25H,9-13H2/t18-,19-/m0/s1. The van der Waals surface area contributed by atoms with E-state index in [9.17, 15) is 34.9 Å². The first-order valence-corrected chi connectivity index (χ1v) is 10.1. The number of non-ortho nitro benzene ring substituents is 2. The average molecular weight is 475 g/mol. The van der Waals surface area contributed by atoms with Crippen LogP contribution in [0, 0.1) is 20.2 Å². The predicted octanol–water partition coefficient (Wildman–Crippen LogP) is 2.93. The number of ether oxygens (including phenoxy) is 3. The number of benzene rings is 2. The molecule has 0 aliphatic carbocycles. The second kappa shape index (κ2) is 11.0. The van der Waals surface area contributed by atoms with Gasteiger partial charge in [-0.15, -0.1) is 0 Å². The fourth-order valence-electron chi connectivity index (χ4n) is 3.28. The average Bonchev–Trinajstić information content (AvgIpc) is 3.20. The SMILES string of the molecule is O=C(OCc1ccc([N+](=O)[O-])cc1)OC[C@@H]1C[C@H](O)CN1C(=O)OCc1ccc([N+](=O)[O-])cc1. The highest BCUT2D eigenvalue weighted by molar-refractivity contribution is 5.68. The number of hydrogen-bond donors (Lipinski definition) is 1. The van der Waals surface area contributed by atoms with Gasteiger partial charge < -0.3 is 19.3 Å². The Hall–Kier alpha value is -4.26. The van der Waals surface area contributed by atoms with Crippen LogP contribution < -0.4 is 0 Å². The molecule has 13 nitrogen and oxygen atoms in total. The van der Waals surface area contributed by atoms with E-state index >= 15 is 0 Å². The molecule has 0 radical (unpaired) electrons. The van der Waals surface area contributed by atoms with Crippen LogP contribution in [0.25, 0.3) is 0 Å². The molecule has 34 heavy (non-hydrogen) atoms. The maximum atomic E-state index is 12.4. The van der Waals surface area contributed by atoms with Crippen molar-refractivity contribution in [3.63, 3.8) is 0 Å². The number of amides is 1. The highest BCUT2D eigenvalue weighted by Crippen LogP contribution is 2.21. The summed E-state index contributed by atoms with van der Waals surface area (Å²) in [6, 6.07) is 10.3. The zero-order valence-corrected chi connectivity index (χ0v) is 17.8. The van der Waals surface area contributed by atoms with E-state index in [0.29, 0.717) is 11.1 Å². The maximum Gasteiger partial charge on any atom is 0.508 e. The molecule has 1 amide bonds. The number of carbonyl (C=O) groups is 2. The van der Waals surface area contributed by atoms with E-state index in [1.807, 2.05) is 0 Å². The fourth-order valence-corrected chi connectivity index (χ4v) is 3.28. The van der Waals surface area contributed by atoms with Crippen LogP contribution >= 0.6 is 0 Å². The first-order valence-electron chi connectivity index (χ1n) is 10.1. The zero-order valence-electron chi connectivity index (χ0n) is 17.8. The van der Waals surface area contributed by atoms with Crippen LogP contribution in [0.1, 0.15) is 17.5 Å². The molecule has 1 aliphatic heterocycles. The lowest BCUT2D eigenvalue weighted by molar-refractivity contribution is -0.385.